The number of hydrogen-bond donors (Lipinski definition) is 1. The first-order chi connectivity index (χ1) is 17.4. The number of nitrogens with one attached hydrogen (secondary N) is 1. The topological polar surface area (TPSA) is 94.9 Å². The second kappa shape index (κ2) is 10.8. The second-order valence-electron chi connectivity index (χ2n) is 8.87. The highest BCUT2D eigenvalue weighted by Crippen LogP contribution is 2.31. The van der Waals surface area contributed by atoms with E-state index in [2.05, 4.69) is 10.4 Å². The lowest BCUT2D eigenvalue weighted by Gasteiger charge is -2.43. The Balaban J connectivity index is 1.62. The van der Waals surface area contributed by atoms with Crippen molar-refractivity contribution in [2.45, 2.75) is 32.0 Å². The Morgan fingerprint density at radius 2 is 1.83 bits per heavy atom. The molecule has 36 heavy (non-hydrogen) atoms. The van der Waals surface area contributed by atoms with Crippen LogP contribution in [0.1, 0.15) is 29.4 Å². The van der Waals surface area contributed by atoms with Crippen molar-refractivity contribution >= 4 is 11.8 Å². The number of amides is 2. The largest absolute Gasteiger partial charge is 0.497 e. The van der Waals surface area contributed by atoms with Crippen LogP contribution in [0.5, 0.6) is 11.5 Å². The summed E-state index contributed by atoms with van der Waals surface area (Å²) in [5.74, 6) is 0.936. The Kier molecular flexibility index (Phi) is 7.59. The third-order valence-electron chi connectivity index (χ3n) is 6.53. The normalized spacial score (nSPS) is 17.0. The first-order valence-electron chi connectivity index (χ1n) is 11.8. The summed E-state index contributed by atoms with van der Waals surface area (Å²) < 4.78 is 17.5. The van der Waals surface area contributed by atoms with Gasteiger partial charge in [-0.15, -0.1) is 0 Å². The highest BCUT2D eigenvalue weighted by Gasteiger charge is 2.47. The van der Waals surface area contributed by atoms with Crippen molar-refractivity contribution < 1.29 is 23.8 Å². The van der Waals surface area contributed by atoms with Crippen molar-refractivity contribution in [1.29, 1.82) is 0 Å². The molecule has 0 fully saturated rings. The van der Waals surface area contributed by atoms with Gasteiger partial charge in [0.25, 0.3) is 5.91 Å². The molecule has 2 heterocycles. The lowest BCUT2D eigenvalue weighted by atomic mass is 9.94. The summed E-state index contributed by atoms with van der Waals surface area (Å²) in [7, 11) is 4.83. The fourth-order valence-corrected chi connectivity index (χ4v) is 4.48. The summed E-state index contributed by atoms with van der Waals surface area (Å²) in [6.07, 6.45) is 0.608. The Morgan fingerprint density at radius 1 is 1.08 bits per heavy atom. The standard InChI is InChI=1S/C27H32N4O5/c1-27(26(33)28-17-20-8-5-6-9-24(20)36-4)18-31-23(25(32)30(27)14-7-15-34-2)16-22(29-31)19-10-12-21(35-3)13-11-19/h5-6,8-13,16H,7,14-15,17-18H2,1-4H3,(H,28,33)/t27-/m1/s1. The summed E-state index contributed by atoms with van der Waals surface area (Å²) in [5.41, 5.74) is 1.69. The van der Waals surface area contributed by atoms with E-state index < -0.39 is 5.54 Å². The molecule has 2 amide bonds. The van der Waals surface area contributed by atoms with Gasteiger partial charge in [0, 0.05) is 37.9 Å². The van der Waals surface area contributed by atoms with Gasteiger partial charge in [0.05, 0.1) is 26.5 Å². The molecule has 2 aromatic carbocycles. The van der Waals surface area contributed by atoms with E-state index in [0.717, 1.165) is 16.9 Å². The van der Waals surface area contributed by atoms with Gasteiger partial charge < -0.3 is 24.4 Å². The summed E-state index contributed by atoms with van der Waals surface area (Å²) >= 11 is 0. The molecule has 0 saturated heterocycles. The minimum Gasteiger partial charge on any atom is -0.497 e. The summed E-state index contributed by atoms with van der Waals surface area (Å²) in [5, 5.41) is 7.69. The van der Waals surface area contributed by atoms with Crippen LogP contribution in [0.3, 0.4) is 0 Å². The lowest BCUT2D eigenvalue weighted by molar-refractivity contribution is -0.133. The third kappa shape index (κ3) is 4.92. The number of rotatable bonds is 10. The second-order valence-corrected chi connectivity index (χ2v) is 8.87. The van der Waals surface area contributed by atoms with Gasteiger partial charge >= 0.3 is 0 Å². The van der Waals surface area contributed by atoms with Crippen molar-refractivity contribution in [2.24, 2.45) is 0 Å². The predicted octanol–water partition coefficient (Wildman–Crippen LogP) is 3.13. The number of nitrogens with zero attached hydrogens (tertiary/aromatic N) is 3. The van der Waals surface area contributed by atoms with E-state index in [-0.39, 0.29) is 24.9 Å². The van der Waals surface area contributed by atoms with E-state index in [1.807, 2.05) is 48.5 Å². The van der Waals surface area contributed by atoms with Crippen LogP contribution in [0.15, 0.2) is 54.6 Å². The van der Waals surface area contributed by atoms with Crippen molar-refractivity contribution in [2.75, 3.05) is 34.5 Å². The monoisotopic (exact) mass is 492 g/mol. The average Bonchev–Trinajstić information content (AvgIpc) is 3.33. The van der Waals surface area contributed by atoms with Crippen LogP contribution in [-0.4, -0.2) is 66.5 Å². The predicted molar refractivity (Wildman–Crippen MR) is 135 cm³/mol. The Morgan fingerprint density at radius 3 is 2.53 bits per heavy atom. The van der Waals surface area contributed by atoms with Crippen molar-refractivity contribution in [3.8, 4) is 22.8 Å². The molecule has 0 spiro atoms. The number of methoxy groups -OCH3 is 3. The molecule has 1 atom stereocenters. The number of para-hydroxylation sites is 1. The smallest absolute Gasteiger partial charge is 0.273 e. The highest BCUT2D eigenvalue weighted by molar-refractivity contribution is 6.00. The van der Waals surface area contributed by atoms with Crippen LogP contribution >= 0.6 is 0 Å². The number of aromatic nitrogens is 2. The van der Waals surface area contributed by atoms with E-state index in [1.54, 1.807) is 43.9 Å². The first-order valence-corrected chi connectivity index (χ1v) is 11.8. The summed E-state index contributed by atoms with van der Waals surface area (Å²) in [4.78, 5) is 28.9. The summed E-state index contributed by atoms with van der Waals surface area (Å²) in [6, 6.07) is 16.8. The maximum Gasteiger partial charge on any atom is 0.273 e. The SMILES string of the molecule is COCCCN1C(=O)c2cc(-c3ccc(OC)cc3)nn2C[C@]1(C)C(=O)NCc1ccccc1OC. The number of ether oxygens (including phenoxy) is 3. The van der Waals surface area contributed by atoms with Gasteiger partial charge in [0.15, 0.2) is 0 Å². The molecule has 190 valence electrons. The van der Waals surface area contributed by atoms with Crippen LogP contribution in [-0.2, 0) is 22.6 Å². The van der Waals surface area contributed by atoms with Gasteiger partial charge in [-0.25, -0.2) is 0 Å². The molecule has 0 unspecified atom stereocenters. The van der Waals surface area contributed by atoms with Gasteiger partial charge in [0.2, 0.25) is 5.91 Å². The van der Waals surface area contributed by atoms with Crippen LogP contribution < -0.4 is 14.8 Å². The Hall–Kier alpha value is -3.85. The zero-order chi connectivity index (χ0) is 25.7. The Bertz CT molecular complexity index is 1220. The Labute approximate surface area is 210 Å². The molecule has 0 radical (unpaired) electrons. The minimum atomic E-state index is -1.14. The molecule has 1 aliphatic rings. The van der Waals surface area contributed by atoms with E-state index >= 15 is 0 Å². The number of benzene rings is 2. The van der Waals surface area contributed by atoms with Gasteiger partial charge in [-0.2, -0.15) is 5.10 Å². The van der Waals surface area contributed by atoms with Gasteiger partial charge in [-0.05, 0) is 49.7 Å². The van der Waals surface area contributed by atoms with Crippen LogP contribution in [0.4, 0.5) is 0 Å². The highest BCUT2D eigenvalue weighted by atomic mass is 16.5. The lowest BCUT2D eigenvalue weighted by Crippen LogP contribution is -2.64. The third-order valence-corrected chi connectivity index (χ3v) is 6.53. The van der Waals surface area contributed by atoms with Gasteiger partial charge in [-0.3, -0.25) is 14.3 Å². The van der Waals surface area contributed by atoms with Gasteiger partial charge in [0.1, 0.15) is 22.7 Å². The van der Waals surface area contributed by atoms with Crippen LogP contribution in [0.2, 0.25) is 0 Å². The molecule has 0 saturated carbocycles. The summed E-state index contributed by atoms with van der Waals surface area (Å²) in [6.45, 7) is 3.16. The zero-order valence-electron chi connectivity index (χ0n) is 21.1. The first kappa shape index (κ1) is 25.2. The molecule has 4 rings (SSSR count). The molecule has 1 aromatic heterocycles. The number of hydrogen-bond acceptors (Lipinski definition) is 6. The molecule has 9 heteroatoms. The maximum absolute atomic E-state index is 13.7. The zero-order valence-corrected chi connectivity index (χ0v) is 21.1. The van der Waals surface area contributed by atoms with E-state index in [0.29, 0.717) is 36.7 Å². The van der Waals surface area contributed by atoms with Gasteiger partial charge in [-0.1, -0.05) is 18.2 Å². The molecule has 0 aliphatic carbocycles. The fraction of sp³-hybridized carbons (Fsp3) is 0.370. The number of carbonyl (C=O) groups is 2. The van der Waals surface area contributed by atoms with Crippen LogP contribution in [0, 0.1) is 0 Å². The molecular weight excluding hydrogens is 460 g/mol. The van der Waals surface area contributed by atoms with E-state index in [4.69, 9.17) is 14.2 Å². The van der Waals surface area contributed by atoms with Crippen LogP contribution in [0.25, 0.3) is 11.3 Å². The van der Waals surface area contributed by atoms with Crippen molar-refractivity contribution in [3.63, 3.8) is 0 Å². The fourth-order valence-electron chi connectivity index (χ4n) is 4.48. The maximum atomic E-state index is 13.7. The van der Waals surface area contributed by atoms with Crippen molar-refractivity contribution in [1.82, 2.24) is 20.0 Å². The average molecular weight is 493 g/mol. The quantitative estimate of drug-likeness (QED) is 0.437. The molecule has 0 bridgehead atoms. The molecule has 3 aromatic rings. The molecular formula is C27H32N4O5. The molecule has 1 N–H and O–H groups in total. The minimum absolute atomic E-state index is 0.231. The van der Waals surface area contributed by atoms with E-state index in [1.165, 1.54) is 0 Å². The number of fused-ring (bicyclic) bond motifs is 1. The molecule has 1 aliphatic heterocycles. The van der Waals surface area contributed by atoms with Crippen molar-refractivity contribution in [3.05, 3.63) is 65.9 Å². The van der Waals surface area contributed by atoms with E-state index in [9.17, 15) is 9.59 Å². The number of carbonyl (C=O) groups excluding carboxylic acids is 2. The molecule has 9 nitrogen and oxygen atoms in total.